The van der Waals surface area contributed by atoms with Crippen molar-refractivity contribution < 1.29 is 4.74 Å². The number of benzene rings is 2. The van der Waals surface area contributed by atoms with Gasteiger partial charge in [0.25, 0.3) is 0 Å². The van der Waals surface area contributed by atoms with Gasteiger partial charge in [0.15, 0.2) is 0 Å². The van der Waals surface area contributed by atoms with Crippen molar-refractivity contribution in [1.29, 1.82) is 0 Å². The molecule has 1 aliphatic heterocycles. The molecule has 0 spiro atoms. The van der Waals surface area contributed by atoms with Crippen molar-refractivity contribution in [2.45, 2.75) is 13.5 Å². The van der Waals surface area contributed by atoms with E-state index in [2.05, 4.69) is 72.4 Å². The number of rotatable bonds is 5. The Bertz CT molecular complexity index is 711. The Labute approximate surface area is 140 Å². The van der Waals surface area contributed by atoms with Crippen molar-refractivity contribution in [3.63, 3.8) is 0 Å². The summed E-state index contributed by atoms with van der Waals surface area (Å²) in [7, 11) is 1.96. The zero-order valence-corrected chi connectivity index (χ0v) is 14.3. The van der Waals surface area contributed by atoms with E-state index in [4.69, 9.17) is 4.74 Å². The second-order valence-corrected chi connectivity index (χ2v) is 7.24. The molecule has 2 aromatic carbocycles. The molecule has 3 nitrogen and oxygen atoms in total. The Morgan fingerprint density at radius 3 is 2.35 bits per heavy atom. The highest BCUT2D eigenvalue weighted by molar-refractivity contribution is 8.14. The number of allylic oxidation sites excluding steroid dienone is 2. The summed E-state index contributed by atoms with van der Waals surface area (Å²) in [5.41, 5.74) is 7.07. The zero-order chi connectivity index (χ0) is 16.1. The predicted molar refractivity (Wildman–Crippen MR) is 98.9 cm³/mol. The molecule has 1 atom stereocenters. The molecule has 120 valence electrons. The third-order valence-electron chi connectivity index (χ3n) is 3.72. The SMILES string of the molecule is CC=C1NN(C)S(COCc2ccccc2)=C1c1ccccc1. The summed E-state index contributed by atoms with van der Waals surface area (Å²) in [6.07, 6.45) is 2.13. The first-order valence-electron chi connectivity index (χ1n) is 7.71. The van der Waals surface area contributed by atoms with Gasteiger partial charge in [-0.3, -0.25) is 0 Å². The summed E-state index contributed by atoms with van der Waals surface area (Å²) in [5, 5.41) is 0. The fourth-order valence-corrected chi connectivity index (χ4v) is 4.39. The molecule has 1 heterocycles. The zero-order valence-electron chi connectivity index (χ0n) is 13.5. The summed E-state index contributed by atoms with van der Waals surface area (Å²) in [6.45, 7) is 2.71. The molecule has 4 heteroatoms. The number of hydrazine groups is 1. The minimum Gasteiger partial charge on any atom is -0.365 e. The summed E-state index contributed by atoms with van der Waals surface area (Å²) in [6, 6.07) is 20.9. The van der Waals surface area contributed by atoms with Crippen LogP contribution < -0.4 is 5.43 Å². The van der Waals surface area contributed by atoms with Gasteiger partial charge >= 0.3 is 0 Å². The fraction of sp³-hybridized carbons (Fsp3) is 0.211. The molecule has 0 saturated carbocycles. The first-order chi connectivity index (χ1) is 11.3. The van der Waals surface area contributed by atoms with Gasteiger partial charge in [0.05, 0.1) is 12.3 Å². The van der Waals surface area contributed by atoms with E-state index in [1.54, 1.807) is 0 Å². The second kappa shape index (κ2) is 7.59. The van der Waals surface area contributed by atoms with Crippen molar-refractivity contribution in [3.05, 3.63) is 83.6 Å². The van der Waals surface area contributed by atoms with Gasteiger partial charge in [-0.05, 0) is 18.1 Å². The van der Waals surface area contributed by atoms with Crippen molar-refractivity contribution in [3.8, 4) is 0 Å². The molecular formula is C19H22N2OS. The van der Waals surface area contributed by atoms with Gasteiger partial charge in [0, 0.05) is 11.9 Å². The molecule has 3 rings (SSSR count). The van der Waals surface area contributed by atoms with Crippen molar-refractivity contribution in [1.82, 2.24) is 9.84 Å². The number of hydrogen-bond donors (Lipinski definition) is 1. The van der Waals surface area contributed by atoms with Crippen molar-refractivity contribution in [2.24, 2.45) is 0 Å². The lowest BCUT2D eigenvalue weighted by molar-refractivity contribution is 0.166. The van der Waals surface area contributed by atoms with Crippen LogP contribution in [0.5, 0.6) is 0 Å². The van der Waals surface area contributed by atoms with E-state index in [0.717, 1.165) is 0 Å². The Morgan fingerprint density at radius 1 is 1.04 bits per heavy atom. The molecule has 1 unspecified atom stereocenters. The maximum atomic E-state index is 6.00. The van der Waals surface area contributed by atoms with Crippen molar-refractivity contribution in [2.75, 3.05) is 13.0 Å². The van der Waals surface area contributed by atoms with E-state index in [1.807, 2.05) is 18.2 Å². The highest BCUT2D eigenvalue weighted by Gasteiger charge is 2.24. The van der Waals surface area contributed by atoms with Crippen LogP contribution in [0.2, 0.25) is 0 Å². The van der Waals surface area contributed by atoms with Crippen LogP contribution in [0, 0.1) is 0 Å². The molecule has 1 N–H and O–H groups in total. The summed E-state index contributed by atoms with van der Waals surface area (Å²) >= 11 is 0. The van der Waals surface area contributed by atoms with Crippen LogP contribution in [0.1, 0.15) is 18.1 Å². The van der Waals surface area contributed by atoms with Crippen LogP contribution in [0.3, 0.4) is 0 Å². The molecule has 0 radical (unpaired) electrons. The van der Waals surface area contributed by atoms with E-state index in [9.17, 15) is 0 Å². The van der Waals surface area contributed by atoms with Gasteiger partial charge in [-0.25, -0.2) is 0 Å². The van der Waals surface area contributed by atoms with E-state index in [0.29, 0.717) is 12.5 Å². The Hall–Kier alpha value is -1.88. The van der Waals surface area contributed by atoms with E-state index >= 15 is 0 Å². The van der Waals surface area contributed by atoms with Gasteiger partial charge in [-0.2, -0.15) is 4.41 Å². The molecule has 0 aromatic heterocycles. The standard InChI is InChI=1S/C19H22N2OS/c1-3-18-19(17-12-8-5-9-13-17)23(21(2)20-18)15-22-14-16-10-6-4-7-11-16/h3-13,20H,14-15H2,1-2H3. The third kappa shape index (κ3) is 3.72. The minimum absolute atomic E-state index is 0.116. The predicted octanol–water partition coefficient (Wildman–Crippen LogP) is 3.92. The average Bonchev–Trinajstić information content (AvgIpc) is 2.92. The maximum absolute atomic E-state index is 6.00. The summed E-state index contributed by atoms with van der Waals surface area (Å²) < 4.78 is 8.16. The number of nitrogens with zero attached hydrogens (tertiary/aromatic N) is 1. The number of hydrogen-bond acceptors (Lipinski definition) is 3. The van der Waals surface area contributed by atoms with Crippen LogP contribution >= 0.6 is 10.7 Å². The van der Waals surface area contributed by atoms with Gasteiger partial charge in [0.2, 0.25) is 0 Å². The van der Waals surface area contributed by atoms with Crippen LogP contribution in [-0.4, -0.2) is 22.3 Å². The molecule has 0 bridgehead atoms. The highest BCUT2D eigenvalue weighted by atomic mass is 32.2. The molecule has 2 aromatic rings. The molecule has 0 amide bonds. The topological polar surface area (TPSA) is 24.5 Å². The average molecular weight is 326 g/mol. The van der Waals surface area contributed by atoms with E-state index in [1.165, 1.54) is 21.7 Å². The van der Waals surface area contributed by atoms with Gasteiger partial charge in [-0.1, -0.05) is 77.4 Å². The van der Waals surface area contributed by atoms with Gasteiger partial charge < -0.3 is 10.2 Å². The maximum Gasteiger partial charge on any atom is 0.103 e. The molecule has 1 aliphatic rings. The lowest BCUT2D eigenvalue weighted by atomic mass is 10.1. The van der Waals surface area contributed by atoms with Gasteiger partial charge in [-0.15, -0.1) is 0 Å². The monoisotopic (exact) mass is 326 g/mol. The first kappa shape index (κ1) is 16.0. The second-order valence-electron chi connectivity index (χ2n) is 5.32. The first-order valence-corrected chi connectivity index (χ1v) is 9.07. The Kier molecular flexibility index (Phi) is 5.28. The quantitative estimate of drug-likeness (QED) is 0.666. The largest absolute Gasteiger partial charge is 0.365 e. The number of ether oxygens (including phenoxy) is 1. The summed E-state index contributed by atoms with van der Waals surface area (Å²) in [5.74, 6) is 0.681. The lowest BCUT2D eigenvalue weighted by Gasteiger charge is -2.16. The van der Waals surface area contributed by atoms with Crippen LogP contribution in [0.4, 0.5) is 0 Å². The lowest BCUT2D eigenvalue weighted by Crippen LogP contribution is -2.24. The Morgan fingerprint density at radius 2 is 1.70 bits per heavy atom. The number of nitrogens with one attached hydrogen (secondary N) is 1. The smallest absolute Gasteiger partial charge is 0.103 e. The molecule has 0 saturated heterocycles. The van der Waals surface area contributed by atoms with E-state index in [-0.39, 0.29) is 10.7 Å². The minimum atomic E-state index is -0.116. The molecular weight excluding hydrogens is 304 g/mol. The highest BCUT2D eigenvalue weighted by Crippen LogP contribution is 2.31. The molecule has 0 aliphatic carbocycles. The van der Waals surface area contributed by atoms with Crippen molar-refractivity contribution >= 4 is 15.5 Å². The fourth-order valence-electron chi connectivity index (χ4n) is 2.57. The van der Waals surface area contributed by atoms with Crippen LogP contribution in [0.25, 0.3) is 0 Å². The van der Waals surface area contributed by atoms with Crippen LogP contribution in [0.15, 0.2) is 72.4 Å². The van der Waals surface area contributed by atoms with Crippen LogP contribution in [-0.2, 0) is 11.3 Å². The van der Waals surface area contributed by atoms with E-state index < -0.39 is 0 Å². The molecule has 0 fully saturated rings. The third-order valence-corrected chi connectivity index (χ3v) is 5.79. The summed E-state index contributed by atoms with van der Waals surface area (Å²) in [4.78, 5) is 1.32. The Balaban J connectivity index is 1.81. The van der Waals surface area contributed by atoms with Gasteiger partial charge in [0.1, 0.15) is 5.94 Å². The molecule has 23 heavy (non-hydrogen) atoms. The normalized spacial score (nSPS) is 20.0.